The molecular weight excluding hydrogens is 442 g/mol. The van der Waals surface area contributed by atoms with Crippen molar-refractivity contribution in [2.45, 2.75) is 39.2 Å². The van der Waals surface area contributed by atoms with E-state index in [0.29, 0.717) is 40.6 Å². The summed E-state index contributed by atoms with van der Waals surface area (Å²) in [7, 11) is 1.48. The van der Waals surface area contributed by atoms with Gasteiger partial charge in [-0.1, -0.05) is 56.6 Å². The molecule has 172 valence electrons. The van der Waals surface area contributed by atoms with Crippen molar-refractivity contribution in [2.24, 2.45) is 0 Å². The number of halogens is 1. The lowest BCUT2D eigenvalue weighted by Gasteiger charge is -2.26. The molecule has 2 heterocycles. The Balaban J connectivity index is 1.81. The number of ether oxygens (including phenoxy) is 1. The van der Waals surface area contributed by atoms with E-state index >= 15 is 0 Å². The standard InChI is InChI=1S/C26H26ClNO5/c1-5-10-28-22(16-8-6-15(7-9-16)14(2)3)21(24(30)26(28)31)23(29)19-12-17-11-18(27)13-20(32-4)25(17)33-19/h6-9,11-14,22,30H,5,10H2,1-4H3. The van der Waals surface area contributed by atoms with Crippen molar-refractivity contribution in [3.8, 4) is 5.75 Å². The van der Waals surface area contributed by atoms with Gasteiger partial charge in [-0.2, -0.15) is 0 Å². The van der Waals surface area contributed by atoms with Crippen LogP contribution in [0.15, 0.2) is 58.2 Å². The Bertz CT molecular complexity index is 1260. The topological polar surface area (TPSA) is 80.0 Å². The zero-order valence-electron chi connectivity index (χ0n) is 19.0. The highest BCUT2D eigenvalue weighted by Gasteiger charge is 2.44. The van der Waals surface area contributed by atoms with E-state index in [1.807, 2.05) is 31.2 Å². The average molecular weight is 468 g/mol. The monoisotopic (exact) mass is 467 g/mol. The number of carbonyl (C=O) groups is 2. The predicted octanol–water partition coefficient (Wildman–Crippen LogP) is 6.21. The number of methoxy groups -OCH3 is 1. The Labute approximate surface area is 197 Å². The first kappa shape index (κ1) is 22.9. The molecule has 3 aromatic rings. The molecule has 0 bridgehead atoms. The summed E-state index contributed by atoms with van der Waals surface area (Å²) >= 11 is 6.15. The molecule has 0 radical (unpaired) electrons. The van der Waals surface area contributed by atoms with E-state index < -0.39 is 23.5 Å². The van der Waals surface area contributed by atoms with Gasteiger partial charge >= 0.3 is 0 Å². The highest BCUT2D eigenvalue weighted by atomic mass is 35.5. The van der Waals surface area contributed by atoms with Gasteiger partial charge in [-0.05, 0) is 35.6 Å². The smallest absolute Gasteiger partial charge is 0.290 e. The maximum absolute atomic E-state index is 13.6. The van der Waals surface area contributed by atoms with Gasteiger partial charge in [0.05, 0.1) is 18.7 Å². The summed E-state index contributed by atoms with van der Waals surface area (Å²) in [5, 5.41) is 11.8. The van der Waals surface area contributed by atoms with Crippen molar-refractivity contribution >= 4 is 34.3 Å². The maximum atomic E-state index is 13.6. The number of carbonyl (C=O) groups excluding carboxylic acids is 2. The van der Waals surface area contributed by atoms with E-state index in [0.717, 1.165) is 11.1 Å². The number of aliphatic hydroxyl groups is 1. The number of amides is 1. The number of hydrogen-bond acceptors (Lipinski definition) is 5. The van der Waals surface area contributed by atoms with E-state index in [1.54, 1.807) is 18.2 Å². The van der Waals surface area contributed by atoms with Crippen molar-refractivity contribution in [1.29, 1.82) is 0 Å². The van der Waals surface area contributed by atoms with Gasteiger partial charge in [0.15, 0.2) is 22.9 Å². The molecule has 1 aliphatic heterocycles. The zero-order chi connectivity index (χ0) is 23.9. The molecule has 1 N–H and O–H groups in total. The Morgan fingerprint density at radius 1 is 1.21 bits per heavy atom. The largest absolute Gasteiger partial charge is 0.503 e. The summed E-state index contributed by atoms with van der Waals surface area (Å²) < 4.78 is 11.1. The summed E-state index contributed by atoms with van der Waals surface area (Å²) in [6.07, 6.45) is 0.682. The van der Waals surface area contributed by atoms with Gasteiger partial charge in [-0.15, -0.1) is 0 Å². The quantitative estimate of drug-likeness (QED) is 0.418. The fraction of sp³-hybridized carbons (Fsp3) is 0.308. The highest BCUT2D eigenvalue weighted by molar-refractivity contribution is 6.31. The maximum Gasteiger partial charge on any atom is 0.290 e. The van der Waals surface area contributed by atoms with Crippen LogP contribution < -0.4 is 4.74 Å². The SMILES string of the molecule is CCCN1C(=O)C(O)=C(C(=O)c2cc3cc(Cl)cc(OC)c3o2)C1c1ccc(C(C)C)cc1. The molecule has 0 fully saturated rings. The number of benzene rings is 2. The molecule has 33 heavy (non-hydrogen) atoms. The first-order valence-corrected chi connectivity index (χ1v) is 11.3. The summed E-state index contributed by atoms with van der Waals surface area (Å²) in [5.41, 5.74) is 2.28. The third-order valence-electron chi connectivity index (χ3n) is 5.92. The van der Waals surface area contributed by atoms with Crippen LogP contribution in [0.25, 0.3) is 11.0 Å². The molecule has 1 unspecified atom stereocenters. The molecule has 2 aromatic carbocycles. The predicted molar refractivity (Wildman–Crippen MR) is 127 cm³/mol. The van der Waals surface area contributed by atoms with Crippen LogP contribution >= 0.6 is 11.6 Å². The van der Waals surface area contributed by atoms with Gasteiger partial charge in [-0.3, -0.25) is 9.59 Å². The van der Waals surface area contributed by atoms with Crippen LogP contribution in [-0.2, 0) is 4.79 Å². The minimum Gasteiger partial charge on any atom is -0.503 e. The lowest BCUT2D eigenvalue weighted by Crippen LogP contribution is -2.31. The fourth-order valence-electron chi connectivity index (χ4n) is 4.25. The molecule has 1 aromatic heterocycles. The molecule has 1 amide bonds. The van der Waals surface area contributed by atoms with Gasteiger partial charge < -0.3 is 19.2 Å². The third-order valence-corrected chi connectivity index (χ3v) is 6.14. The Kier molecular flexibility index (Phi) is 6.21. The van der Waals surface area contributed by atoms with Gasteiger partial charge in [0, 0.05) is 23.0 Å². The van der Waals surface area contributed by atoms with Gasteiger partial charge in [0.1, 0.15) is 0 Å². The molecule has 6 nitrogen and oxygen atoms in total. The van der Waals surface area contributed by atoms with Crippen molar-refractivity contribution in [2.75, 3.05) is 13.7 Å². The average Bonchev–Trinajstić information content (AvgIpc) is 3.33. The number of rotatable bonds is 7. The van der Waals surface area contributed by atoms with Crippen molar-refractivity contribution in [1.82, 2.24) is 4.90 Å². The Hall–Kier alpha value is -3.25. The van der Waals surface area contributed by atoms with Crippen LogP contribution in [0.2, 0.25) is 5.02 Å². The van der Waals surface area contributed by atoms with Crippen LogP contribution in [-0.4, -0.2) is 35.4 Å². The number of nitrogens with zero attached hydrogens (tertiary/aromatic N) is 1. The van der Waals surface area contributed by atoms with E-state index in [-0.39, 0.29) is 11.3 Å². The number of furan rings is 1. The Morgan fingerprint density at radius 2 is 1.91 bits per heavy atom. The van der Waals surface area contributed by atoms with Gasteiger partial charge in [0.25, 0.3) is 5.91 Å². The van der Waals surface area contributed by atoms with Crippen LogP contribution in [0.1, 0.15) is 60.8 Å². The second-order valence-electron chi connectivity index (χ2n) is 8.45. The van der Waals surface area contributed by atoms with Crippen molar-refractivity contribution in [3.63, 3.8) is 0 Å². The number of hydrogen-bond donors (Lipinski definition) is 1. The summed E-state index contributed by atoms with van der Waals surface area (Å²) in [6.45, 7) is 6.54. The summed E-state index contributed by atoms with van der Waals surface area (Å²) in [4.78, 5) is 28.1. The second kappa shape index (κ2) is 8.94. The molecule has 0 spiro atoms. The third kappa shape index (κ3) is 4.00. The molecule has 0 aliphatic carbocycles. The Morgan fingerprint density at radius 3 is 2.52 bits per heavy atom. The second-order valence-corrected chi connectivity index (χ2v) is 8.89. The number of ketones is 1. The van der Waals surface area contributed by atoms with E-state index in [4.69, 9.17) is 20.8 Å². The van der Waals surface area contributed by atoms with Crippen LogP contribution in [0.5, 0.6) is 5.75 Å². The molecule has 1 aliphatic rings. The fourth-order valence-corrected chi connectivity index (χ4v) is 4.47. The van der Waals surface area contributed by atoms with Crippen LogP contribution in [0.4, 0.5) is 0 Å². The minimum absolute atomic E-state index is 0.00191. The van der Waals surface area contributed by atoms with Gasteiger partial charge in [0.2, 0.25) is 5.78 Å². The molecule has 0 saturated heterocycles. The number of Topliss-reactive ketones (excluding diaryl/α,β-unsaturated/α-hetero) is 1. The zero-order valence-corrected chi connectivity index (χ0v) is 19.8. The van der Waals surface area contributed by atoms with E-state index in [2.05, 4.69) is 13.8 Å². The lowest BCUT2D eigenvalue weighted by molar-refractivity contribution is -0.129. The lowest BCUT2D eigenvalue weighted by atomic mass is 9.93. The van der Waals surface area contributed by atoms with E-state index in [9.17, 15) is 14.7 Å². The van der Waals surface area contributed by atoms with E-state index in [1.165, 1.54) is 12.0 Å². The minimum atomic E-state index is -0.704. The first-order chi connectivity index (χ1) is 15.8. The molecule has 4 rings (SSSR count). The van der Waals surface area contributed by atoms with Crippen LogP contribution in [0, 0.1) is 0 Å². The van der Waals surface area contributed by atoms with Crippen molar-refractivity contribution in [3.05, 3.63) is 75.7 Å². The highest BCUT2D eigenvalue weighted by Crippen LogP contribution is 2.41. The van der Waals surface area contributed by atoms with Gasteiger partial charge in [-0.25, -0.2) is 0 Å². The molecular formula is C26H26ClNO5. The molecule has 1 atom stereocenters. The van der Waals surface area contributed by atoms with Crippen LogP contribution in [0.3, 0.4) is 0 Å². The normalized spacial score (nSPS) is 16.4. The first-order valence-electron chi connectivity index (χ1n) is 10.9. The summed E-state index contributed by atoms with van der Waals surface area (Å²) in [6, 6.07) is 11.9. The number of aliphatic hydroxyl groups excluding tert-OH is 1. The van der Waals surface area contributed by atoms with Crippen molar-refractivity contribution < 1.29 is 23.8 Å². The summed E-state index contributed by atoms with van der Waals surface area (Å²) in [5.74, 6) is -0.912. The number of fused-ring (bicyclic) bond motifs is 1. The molecule has 7 heteroatoms. The molecule has 0 saturated carbocycles.